The van der Waals surface area contributed by atoms with E-state index < -0.39 is 9.84 Å². The molecule has 0 radical (unpaired) electrons. The third-order valence-corrected chi connectivity index (χ3v) is 6.93. The number of nitrogens with zero attached hydrogens (tertiary/aromatic N) is 1. The third-order valence-electron chi connectivity index (χ3n) is 4.40. The summed E-state index contributed by atoms with van der Waals surface area (Å²) in [5.74, 6) is 0.762. The van der Waals surface area contributed by atoms with Crippen LogP contribution in [0.5, 0.6) is 5.75 Å². The maximum Gasteiger partial charge on any atom is 0.180 e. The molecular formula is C18H20BrNO3S. The number of benzene rings is 2. The van der Waals surface area contributed by atoms with Gasteiger partial charge < -0.3 is 9.64 Å². The van der Waals surface area contributed by atoms with Gasteiger partial charge in [-0.1, -0.05) is 31.5 Å². The van der Waals surface area contributed by atoms with Crippen molar-refractivity contribution < 1.29 is 13.2 Å². The zero-order chi connectivity index (χ0) is 17.3. The second-order valence-electron chi connectivity index (χ2n) is 5.96. The second-order valence-corrected chi connectivity index (χ2v) is 8.81. The topological polar surface area (TPSA) is 46.6 Å². The van der Waals surface area contributed by atoms with Gasteiger partial charge in [-0.25, -0.2) is 8.42 Å². The average molecular weight is 410 g/mol. The molecule has 1 unspecified atom stereocenters. The standard InChI is InChI=1S/C18H20BrNO3S/c1-3-13-11-20(14-7-5-4-6-8-14)16-9-15(19)17(23-2)10-18(16)24(21,22)12-13/h4-10,13H,3,11-12H2,1-2H3. The summed E-state index contributed by atoms with van der Waals surface area (Å²) in [7, 11) is -1.83. The molecule has 0 aliphatic carbocycles. The largest absolute Gasteiger partial charge is 0.496 e. The van der Waals surface area contributed by atoms with Crippen LogP contribution in [0.2, 0.25) is 0 Å². The highest BCUT2D eigenvalue weighted by Gasteiger charge is 2.32. The van der Waals surface area contributed by atoms with Gasteiger partial charge in [-0.3, -0.25) is 0 Å². The number of halogens is 1. The zero-order valence-corrected chi connectivity index (χ0v) is 16.1. The van der Waals surface area contributed by atoms with Crippen molar-refractivity contribution in [2.45, 2.75) is 18.2 Å². The zero-order valence-electron chi connectivity index (χ0n) is 13.7. The number of fused-ring (bicyclic) bond motifs is 1. The molecule has 4 nitrogen and oxygen atoms in total. The Morgan fingerprint density at radius 3 is 2.58 bits per heavy atom. The van der Waals surface area contributed by atoms with E-state index in [0.717, 1.165) is 16.6 Å². The fraction of sp³-hybridized carbons (Fsp3) is 0.333. The number of para-hydroxylation sites is 1. The minimum Gasteiger partial charge on any atom is -0.496 e. The van der Waals surface area contributed by atoms with Crippen LogP contribution < -0.4 is 9.64 Å². The molecule has 0 saturated carbocycles. The van der Waals surface area contributed by atoms with Gasteiger partial charge in [0, 0.05) is 18.3 Å². The lowest BCUT2D eigenvalue weighted by molar-refractivity contribution is 0.411. The Balaban J connectivity index is 2.25. The number of hydrogen-bond acceptors (Lipinski definition) is 4. The minimum absolute atomic E-state index is 0.0763. The van der Waals surface area contributed by atoms with Crippen LogP contribution in [0.1, 0.15) is 13.3 Å². The molecule has 1 aliphatic heterocycles. The van der Waals surface area contributed by atoms with Crippen LogP contribution in [0.25, 0.3) is 0 Å². The number of hydrogen-bond donors (Lipinski definition) is 0. The van der Waals surface area contributed by atoms with Gasteiger partial charge in [0.05, 0.1) is 27.9 Å². The normalized spacial score (nSPS) is 19.5. The molecule has 0 saturated heterocycles. The Bertz CT molecular complexity index is 837. The summed E-state index contributed by atoms with van der Waals surface area (Å²) in [4.78, 5) is 2.43. The SMILES string of the molecule is CCC1CN(c2ccccc2)c2cc(Br)c(OC)cc2S(=O)(=O)C1. The van der Waals surface area contributed by atoms with E-state index in [0.29, 0.717) is 22.9 Å². The molecule has 0 bridgehead atoms. The van der Waals surface area contributed by atoms with Crippen molar-refractivity contribution in [1.82, 2.24) is 0 Å². The van der Waals surface area contributed by atoms with Crippen molar-refractivity contribution in [2.24, 2.45) is 5.92 Å². The quantitative estimate of drug-likeness (QED) is 0.752. The van der Waals surface area contributed by atoms with Gasteiger partial charge >= 0.3 is 0 Å². The van der Waals surface area contributed by atoms with Crippen molar-refractivity contribution in [3.63, 3.8) is 0 Å². The van der Waals surface area contributed by atoms with E-state index in [2.05, 4.69) is 20.8 Å². The summed E-state index contributed by atoms with van der Waals surface area (Å²) in [6.07, 6.45) is 0.814. The molecule has 0 aromatic heterocycles. The monoisotopic (exact) mass is 409 g/mol. The van der Waals surface area contributed by atoms with E-state index in [9.17, 15) is 8.42 Å². The van der Waals surface area contributed by atoms with E-state index in [4.69, 9.17) is 4.74 Å². The fourth-order valence-electron chi connectivity index (χ4n) is 3.05. The molecule has 24 heavy (non-hydrogen) atoms. The molecule has 0 spiro atoms. The summed E-state index contributed by atoms with van der Waals surface area (Å²) in [5.41, 5.74) is 1.69. The molecule has 1 atom stereocenters. The van der Waals surface area contributed by atoms with Crippen LogP contribution >= 0.6 is 15.9 Å². The van der Waals surface area contributed by atoms with E-state index in [1.165, 1.54) is 0 Å². The van der Waals surface area contributed by atoms with Gasteiger partial charge in [-0.05, 0) is 40.0 Å². The van der Waals surface area contributed by atoms with Crippen molar-refractivity contribution in [3.8, 4) is 5.75 Å². The molecule has 3 rings (SSSR count). The number of methoxy groups -OCH3 is 1. The summed E-state index contributed by atoms with van der Waals surface area (Å²) < 4.78 is 31.9. The fourth-order valence-corrected chi connectivity index (χ4v) is 5.46. The highest BCUT2D eigenvalue weighted by atomic mass is 79.9. The smallest absolute Gasteiger partial charge is 0.180 e. The van der Waals surface area contributed by atoms with Crippen LogP contribution in [0.15, 0.2) is 51.8 Å². The first kappa shape index (κ1) is 17.3. The molecule has 0 fully saturated rings. The Morgan fingerprint density at radius 2 is 1.96 bits per heavy atom. The first-order chi connectivity index (χ1) is 11.5. The summed E-state index contributed by atoms with van der Waals surface area (Å²) in [5, 5.41) is 0. The Hall–Kier alpha value is -1.53. The van der Waals surface area contributed by atoms with Crippen LogP contribution in [0.3, 0.4) is 0 Å². The predicted molar refractivity (Wildman–Crippen MR) is 100.0 cm³/mol. The lowest BCUT2D eigenvalue weighted by Gasteiger charge is -2.27. The molecule has 6 heteroatoms. The summed E-state index contributed by atoms with van der Waals surface area (Å²) in [6, 6.07) is 13.4. The molecule has 128 valence electrons. The predicted octanol–water partition coefficient (Wildman–Crippen LogP) is 4.41. The molecule has 1 heterocycles. The first-order valence-electron chi connectivity index (χ1n) is 7.89. The van der Waals surface area contributed by atoms with E-state index >= 15 is 0 Å². The van der Waals surface area contributed by atoms with E-state index in [1.54, 1.807) is 13.2 Å². The maximum atomic E-state index is 12.9. The average Bonchev–Trinajstić information content (AvgIpc) is 2.69. The number of ether oxygens (including phenoxy) is 1. The van der Waals surface area contributed by atoms with Crippen LogP contribution in [-0.2, 0) is 9.84 Å². The molecule has 2 aromatic carbocycles. The maximum absolute atomic E-state index is 12.9. The summed E-state index contributed by atoms with van der Waals surface area (Å²) >= 11 is 3.48. The van der Waals surface area contributed by atoms with Gasteiger partial charge in [0.2, 0.25) is 0 Å². The third kappa shape index (κ3) is 3.17. The number of sulfone groups is 1. The Morgan fingerprint density at radius 1 is 1.25 bits per heavy atom. The first-order valence-corrected chi connectivity index (χ1v) is 10.3. The molecule has 2 aromatic rings. The molecule has 0 amide bonds. The van der Waals surface area contributed by atoms with Gasteiger partial charge in [-0.15, -0.1) is 0 Å². The summed E-state index contributed by atoms with van der Waals surface area (Å²) in [6.45, 7) is 2.71. The Kier molecular flexibility index (Phi) is 4.88. The number of anilines is 2. The lowest BCUT2D eigenvalue weighted by atomic mass is 10.1. The highest BCUT2D eigenvalue weighted by Crippen LogP contribution is 2.42. The van der Waals surface area contributed by atoms with Gasteiger partial charge in [0.1, 0.15) is 5.75 Å². The van der Waals surface area contributed by atoms with Crippen molar-refractivity contribution in [1.29, 1.82) is 0 Å². The second kappa shape index (κ2) is 6.76. The highest BCUT2D eigenvalue weighted by molar-refractivity contribution is 9.10. The molecular weight excluding hydrogens is 390 g/mol. The molecule has 0 N–H and O–H groups in total. The molecule has 1 aliphatic rings. The number of rotatable bonds is 3. The van der Waals surface area contributed by atoms with Crippen LogP contribution in [-0.4, -0.2) is 27.8 Å². The van der Waals surface area contributed by atoms with Crippen LogP contribution in [0, 0.1) is 5.92 Å². The van der Waals surface area contributed by atoms with Crippen molar-refractivity contribution in [2.75, 3.05) is 24.3 Å². The lowest BCUT2D eigenvalue weighted by Crippen LogP contribution is -2.25. The van der Waals surface area contributed by atoms with Gasteiger partial charge in [0.25, 0.3) is 0 Å². The van der Waals surface area contributed by atoms with Crippen LogP contribution in [0.4, 0.5) is 11.4 Å². The van der Waals surface area contributed by atoms with E-state index in [-0.39, 0.29) is 11.7 Å². The van der Waals surface area contributed by atoms with Crippen molar-refractivity contribution in [3.05, 3.63) is 46.9 Å². The Labute approximate surface area is 151 Å². The van der Waals surface area contributed by atoms with Gasteiger partial charge in [0.15, 0.2) is 9.84 Å². The van der Waals surface area contributed by atoms with Gasteiger partial charge in [-0.2, -0.15) is 0 Å². The van der Waals surface area contributed by atoms with Crippen molar-refractivity contribution >= 4 is 37.1 Å². The van der Waals surface area contributed by atoms with E-state index in [1.807, 2.05) is 43.3 Å². The minimum atomic E-state index is -3.37.